The third-order valence-electron chi connectivity index (χ3n) is 4.22. The van der Waals surface area contributed by atoms with Crippen LogP contribution < -0.4 is 0 Å². The van der Waals surface area contributed by atoms with E-state index in [9.17, 15) is 0 Å². The Morgan fingerprint density at radius 1 is 0.625 bits per heavy atom. The van der Waals surface area contributed by atoms with Gasteiger partial charge in [0.1, 0.15) is 0 Å². The molecule has 0 aromatic carbocycles. The molecule has 0 atom stereocenters. The first-order valence-corrected chi connectivity index (χ1v) is 13.2. The largest absolute Gasteiger partial charge is 0.419 e. The minimum atomic E-state index is -0.465. The zero-order valence-electron chi connectivity index (χ0n) is 17.9. The molecule has 0 amide bonds. The van der Waals surface area contributed by atoms with Crippen LogP contribution in [0.4, 0.5) is 0 Å². The molecule has 0 unspecified atom stereocenters. The van der Waals surface area contributed by atoms with E-state index in [2.05, 4.69) is 48.5 Å². The fourth-order valence-corrected chi connectivity index (χ4v) is 6.17. The molecule has 2 nitrogen and oxygen atoms in total. The molecular formula is C20H46O2Si2. The van der Waals surface area contributed by atoms with E-state index in [0.29, 0.717) is 0 Å². The molecule has 0 rings (SSSR count). The van der Waals surface area contributed by atoms with Crippen molar-refractivity contribution in [1.29, 1.82) is 0 Å². The van der Waals surface area contributed by atoms with Crippen molar-refractivity contribution in [2.24, 2.45) is 0 Å². The van der Waals surface area contributed by atoms with Crippen LogP contribution in [0.3, 0.4) is 0 Å². The van der Waals surface area contributed by atoms with E-state index in [1.807, 2.05) is 0 Å². The van der Waals surface area contributed by atoms with Gasteiger partial charge in [0.2, 0.25) is 0 Å². The average Bonchev–Trinajstić information content (AvgIpc) is 2.45. The Kier molecular flexibility index (Phi) is 13.7. The lowest BCUT2D eigenvalue weighted by molar-refractivity contribution is 0.127. The summed E-state index contributed by atoms with van der Waals surface area (Å²) in [4.78, 5) is 0. The second kappa shape index (κ2) is 13.5. The van der Waals surface area contributed by atoms with Crippen molar-refractivity contribution in [3.63, 3.8) is 0 Å². The summed E-state index contributed by atoms with van der Waals surface area (Å²) in [5.74, 6) is 0. The molecule has 24 heavy (non-hydrogen) atoms. The van der Waals surface area contributed by atoms with E-state index in [-0.39, 0.29) is 11.2 Å². The van der Waals surface area contributed by atoms with Crippen LogP contribution in [0.1, 0.15) is 113 Å². The highest BCUT2D eigenvalue weighted by molar-refractivity contribution is 6.52. The molecule has 0 bridgehead atoms. The third-order valence-corrected chi connectivity index (χ3v) is 9.46. The molecule has 146 valence electrons. The van der Waals surface area contributed by atoms with E-state index in [1.54, 1.807) is 0 Å². The maximum absolute atomic E-state index is 6.18. The van der Waals surface area contributed by atoms with Crippen molar-refractivity contribution in [3.05, 3.63) is 0 Å². The highest BCUT2D eigenvalue weighted by Crippen LogP contribution is 2.20. The molecule has 4 heteroatoms. The fourth-order valence-electron chi connectivity index (χ4n) is 2.69. The van der Waals surface area contributed by atoms with Crippen molar-refractivity contribution in [1.82, 2.24) is 0 Å². The summed E-state index contributed by atoms with van der Waals surface area (Å²) in [5.41, 5.74) is 0.0538. The number of unbranched alkanes of at least 4 members (excludes halogenated alkanes) is 8. The molecule has 0 radical (unpaired) electrons. The van der Waals surface area contributed by atoms with Crippen molar-refractivity contribution >= 4 is 19.5 Å². The Hall–Kier alpha value is 0.354. The Morgan fingerprint density at radius 2 is 1.00 bits per heavy atom. The Labute approximate surface area is 157 Å². The van der Waals surface area contributed by atoms with Gasteiger partial charge >= 0.3 is 0 Å². The summed E-state index contributed by atoms with van der Waals surface area (Å²) in [6.07, 6.45) is 14.1. The van der Waals surface area contributed by atoms with Crippen molar-refractivity contribution in [2.75, 3.05) is 0 Å². The number of rotatable bonds is 14. The smallest absolute Gasteiger partial charge is 0.164 e. The topological polar surface area (TPSA) is 18.5 Å². The van der Waals surface area contributed by atoms with Gasteiger partial charge in [0.25, 0.3) is 0 Å². The predicted octanol–water partition coefficient (Wildman–Crippen LogP) is 5.45. The summed E-state index contributed by atoms with van der Waals surface area (Å²) < 4.78 is 12.4. The second-order valence-electron chi connectivity index (χ2n) is 9.33. The zero-order chi connectivity index (χ0) is 18.5. The maximum atomic E-state index is 6.18. The minimum Gasteiger partial charge on any atom is -0.419 e. The van der Waals surface area contributed by atoms with Crippen LogP contribution in [-0.2, 0) is 8.85 Å². The Morgan fingerprint density at radius 3 is 1.38 bits per heavy atom. The van der Waals surface area contributed by atoms with Gasteiger partial charge in [0, 0.05) is 11.2 Å². The van der Waals surface area contributed by atoms with Crippen LogP contribution >= 0.6 is 0 Å². The lowest BCUT2D eigenvalue weighted by atomic mass is 10.1. The minimum absolute atomic E-state index is 0.0269. The van der Waals surface area contributed by atoms with Gasteiger partial charge in [-0.15, -0.1) is 0 Å². The monoisotopic (exact) mass is 374 g/mol. The van der Waals surface area contributed by atoms with Crippen LogP contribution in [0.5, 0.6) is 0 Å². The summed E-state index contributed by atoms with van der Waals surface area (Å²) in [6, 6.07) is 0. The van der Waals surface area contributed by atoms with Gasteiger partial charge in [-0.25, -0.2) is 0 Å². The molecule has 0 fully saturated rings. The first-order valence-electron chi connectivity index (χ1n) is 10.4. The van der Waals surface area contributed by atoms with E-state index in [0.717, 1.165) is 5.16 Å². The van der Waals surface area contributed by atoms with Crippen LogP contribution in [0, 0.1) is 0 Å². The van der Waals surface area contributed by atoms with Gasteiger partial charge in [0.05, 0.1) is 0 Å². The fraction of sp³-hybridized carbons (Fsp3) is 1.00. The van der Waals surface area contributed by atoms with Gasteiger partial charge in [-0.05, 0) is 46.7 Å². The van der Waals surface area contributed by atoms with Crippen molar-refractivity contribution in [2.45, 2.75) is 129 Å². The van der Waals surface area contributed by atoms with Crippen LogP contribution in [0.25, 0.3) is 0 Å². The molecule has 0 aliphatic carbocycles. The van der Waals surface area contributed by atoms with Gasteiger partial charge in [-0.1, -0.05) is 71.1 Å². The van der Waals surface area contributed by atoms with Gasteiger partial charge < -0.3 is 8.85 Å². The molecule has 0 aliphatic rings. The van der Waals surface area contributed by atoms with Gasteiger partial charge in [-0.3, -0.25) is 0 Å². The van der Waals surface area contributed by atoms with E-state index in [1.165, 1.54) is 64.2 Å². The highest BCUT2D eigenvalue weighted by Gasteiger charge is 2.20. The maximum Gasteiger partial charge on any atom is 0.164 e. The summed E-state index contributed by atoms with van der Waals surface area (Å²) >= 11 is 0. The lowest BCUT2D eigenvalue weighted by Gasteiger charge is -2.27. The molecule has 0 N–H and O–H groups in total. The second-order valence-corrected chi connectivity index (χ2v) is 14.0. The molecule has 0 saturated carbocycles. The SMILES string of the molecule is CCCCCCCCCCCC([SiH2]OC(C)(C)C)[SiH2]OC(C)(C)C. The average molecular weight is 375 g/mol. The lowest BCUT2D eigenvalue weighted by Crippen LogP contribution is -2.30. The third kappa shape index (κ3) is 18.7. The first-order chi connectivity index (χ1) is 11.1. The van der Waals surface area contributed by atoms with Crippen molar-refractivity contribution in [3.8, 4) is 0 Å². The van der Waals surface area contributed by atoms with E-state index >= 15 is 0 Å². The van der Waals surface area contributed by atoms with E-state index < -0.39 is 19.5 Å². The molecule has 0 heterocycles. The molecular weight excluding hydrogens is 328 g/mol. The Balaban J connectivity index is 3.86. The molecule has 0 saturated heterocycles. The van der Waals surface area contributed by atoms with Crippen molar-refractivity contribution < 1.29 is 8.85 Å². The molecule has 0 aromatic heterocycles. The quantitative estimate of drug-likeness (QED) is 0.297. The highest BCUT2D eigenvalue weighted by atomic mass is 28.3. The summed E-state index contributed by atoms with van der Waals surface area (Å²) in [5, 5.41) is 0.799. The van der Waals surface area contributed by atoms with E-state index in [4.69, 9.17) is 8.85 Å². The molecule has 0 aliphatic heterocycles. The standard InChI is InChI=1S/C20H46O2Si2/c1-8-9-10-11-12-13-14-15-16-17-18(23-21-19(2,3)4)24-22-20(5,6)7/h18H,8-17,23-24H2,1-7H3. The van der Waals surface area contributed by atoms with Gasteiger partial charge in [-0.2, -0.15) is 0 Å². The molecule has 0 aromatic rings. The summed E-state index contributed by atoms with van der Waals surface area (Å²) in [6.45, 7) is 15.4. The summed E-state index contributed by atoms with van der Waals surface area (Å²) in [7, 11) is -0.929. The normalized spacial score (nSPS) is 15.1. The predicted molar refractivity (Wildman–Crippen MR) is 114 cm³/mol. The molecule has 0 spiro atoms. The van der Waals surface area contributed by atoms with Crippen LogP contribution in [0.2, 0.25) is 5.16 Å². The number of hydrogen-bond acceptors (Lipinski definition) is 2. The Bertz CT molecular complexity index is 264. The van der Waals surface area contributed by atoms with Gasteiger partial charge in [0.15, 0.2) is 19.5 Å². The number of hydrogen-bond donors (Lipinski definition) is 0. The first kappa shape index (κ1) is 24.4. The van der Waals surface area contributed by atoms with Crippen LogP contribution in [-0.4, -0.2) is 30.7 Å². The van der Waals surface area contributed by atoms with Crippen LogP contribution in [0.15, 0.2) is 0 Å². The zero-order valence-corrected chi connectivity index (χ0v) is 20.7.